The zero-order valence-corrected chi connectivity index (χ0v) is 18.7. The van der Waals surface area contributed by atoms with Gasteiger partial charge in [0.1, 0.15) is 5.75 Å². The topological polar surface area (TPSA) is 69.9 Å². The number of benzene rings is 2. The van der Waals surface area contributed by atoms with E-state index in [1.165, 1.54) is 23.0 Å². The van der Waals surface area contributed by atoms with E-state index in [0.717, 1.165) is 11.1 Å². The molecule has 1 aliphatic rings. The minimum atomic E-state index is -0.666. The summed E-state index contributed by atoms with van der Waals surface area (Å²) in [6, 6.07) is 13.8. The monoisotopic (exact) mass is 454 g/mol. The van der Waals surface area contributed by atoms with E-state index in [-0.39, 0.29) is 5.56 Å². The molecule has 3 aromatic rings. The number of thiazole rings is 1. The van der Waals surface area contributed by atoms with E-state index in [1.807, 2.05) is 24.3 Å². The third-order valence-corrected chi connectivity index (χ3v) is 6.27. The van der Waals surface area contributed by atoms with Crippen LogP contribution in [0, 0.1) is 0 Å². The second-order valence-electron chi connectivity index (χ2n) is 6.87. The van der Waals surface area contributed by atoms with E-state index in [9.17, 15) is 9.59 Å². The van der Waals surface area contributed by atoms with Crippen LogP contribution in [0.3, 0.4) is 0 Å². The lowest BCUT2D eigenvalue weighted by atomic mass is 9.96. The maximum Gasteiger partial charge on any atom is 0.338 e. The van der Waals surface area contributed by atoms with Crippen molar-refractivity contribution in [2.24, 2.45) is 4.99 Å². The van der Waals surface area contributed by atoms with Gasteiger partial charge in [-0.3, -0.25) is 9.36 Å². The van der Waals surface area contributed by atoms with E-state index in [4.69, 9.17) is 21.1 Å². The van der Waals surface area contributed by atoms with Gasteiger partial charge >= 0.3 is 5.97 Å². The van der Waals surface area contributed by atoms with E-state index in [1.54, 1.807) is 44.4 Å². The summed E-state index contributed by atoms with van der Waals surface area (Å²) < 4.78 is 12.4. The van der Waals surface area contributed by atoms with Gasteiger partial charge in [-0.1, -0.05) is 53.3 Å². The largest absolute Gasteiger partial charge is 0.496 e. The molecule has 0 amide bonds. The first-order chi connectivity index (χ1) is 14.9. The third kappa shape index (κ3) is 3.82. The molecular weight excluding hydrogens is 436 g/mol. The van der Waals surface area contributed by atoms with Crippen molar-refractivity contribution < 1.29 is 14.3 Å². The molecule has 8 heteroatoms. The lowest BCUT2D eigenvalue weighted by Gasteiger charge is -2.24. The molecule has 0 N–H and O–H groups in total. The van der Waals surface area contributed by atoms with Gasteiger partial charge in [-0.2, -0.15) is 0 Å². The summed E-state index contributed by atoms with van der Waals surface area (Å²) in [6.07, 6.45) is 1.78. The maximum absolute atomic E-state index is 13.5. The molecule has 1 aromatic heterocycles. The predicted molar refractivity (Wildman–Crippen MR) is 120 cm³/mol. The lowest BCUT2D eigenvalue weighted by Crippen LogP contribution is -2.39. The summed E-state index contributed by atoms with van der Waals surface area (Å²) in [6.45, 7) is 1.74. The predicted octanol–water partition coefficient (Wildman–Crippen LogP) is 3.07. The van der Waals surface area contributed by atoms with Gasteiger partial charge in [-0.05, 0) is 36.8 Å². The smallest absolute Gasteiger partial charge is 0.338 e. The number of hydrogen-bond acceptors (Lipinski definition) is 6. The van der Waals surface area contributed by atoms with Crippen molar-refractivity contribution in [3.8, 4) is 5.75 Å². The first-order valence-electron chi connectivity index (χ1n) is 9.44. The number of carbonyl (C=O) groups is 1. The molecule has 31 heavy (non-hydrogen) atoms. The minimum Gasteiger partial charge on any atom is -0.496 e. The lowest BCUT2D eigenvalue weighted by molar-refractivity contribution is -0.136. The number of para-hydroxylation sites is 1. The van der Waals surface area contributed by atoms with Gasteiger partial charge in [0.2, 0.25) is 0 Å². The summed E-state index contributed by atoms with van der Waals surface area (Å²) >= 11 is 7.32. The van der Waals surface area contributed by atoms with Crippen molar-refractivity contribution in [2.45, 2.75) is 13.0 Å². The van der Waals surface area contributed by atoms with E-state index >= 15 is 0 Å². The molecular formula is C23H19ClN2O4S. The van der Waals surface area contributed by atoms with Crippen LogP contribution in [0.15, 0.2) is 69.6 Å². The summed E-state index contributed by atoms with van der Waals surface area (Å²) in [5.41, 5.74) is 2.10. The molecule has 4 rings (SSSR count). The molecule has 2 aromatic carbocycles. The highest BCUT2D eigenvalue weighted by atomic mass is 35.5. The van der Waals surface area contributed by atoms with Crippen LogP contribution in [-0.2, 0) is 9.53 Å². The van der Waals surface area contributed by atoms with Crippen LogP contribution < -0.4 is 19.6 Å². The summed E-state index contributed by atoms with van der Waals surface area (Å²) in [7, 11) is 2.90. The van der Waals surface area contributed by atoms with Crippen molar-refractivity contribution in [3.05, 3.63) is 95.6 Å². The van der Waals surface area contributed by atoms with Crippen molar-refractivity contribution in [2.75, 3.05) is 14.2 Å². The Hall–Kier alpha value is -3.16. The molecule has 0 fully saturated rings. The van der Waals surface area contributed by atoms with E-state index < -0.39 is 12.0 Å². The van der Waals surface area contributed by atoms with Crippen molar-refractivity contribution in [3.63, 3.8) is 0 Å². The Bertz CT molecular complexity index is 1370. The Morgan fingerprint density at radius 3 is 2.55 bits per heavy atom. The number of nitrogens with zero attached hydrogens (tertiary/aromatic N) is 2. The Morgan fingerprint density at radius 2 is 1.87 bits per heavy atom. The molecule has 1 aliphatic heterocycles. The second kappa shape index (κ2) is 8.53. The van der Waals surface area contributed by atoms with Crippen LogP contribution >= 0.6 is 22.9 Å². The average Bonchev–Trinajstić information content (AvgIpc) is 3.08. The third-order valence-electron chi connectivity index (χ3n) is 5.04. The van der Waals surface area contributed by atoms with Crippen LogP contribution in [0.2, 0.25) is 5.02 Å². The standard InChI is InChI=1S/C23H19ClN2O4S/c1-13-19(22(28)30-3)20(14-8-10-16(24)11-9-14)26-21(27)18(31-23(26)25-13)12-15-6-4-5-7-17(15)29-2/h4-12,20H,1-3H3/b18-12-/t20-/m1/s1. The number of esters is 1. The maximum atomic E-state index is 13.5. The Labute approximate surface area is 187 Å². The minimum absolute atomic E-state index is 0.247. The Morgan fingerprint density at radius 1 is 1.16 bits per heavy atom. The number of allylic oxidation sites excluding steroid dienone is 1. The molecule has 6 nitrogen and oxygen atoms in total. The van der Waals surface area contributed by atoms with Crippen LogP contribution in [0.1, 0.15) is 24.1 Å². The molecule has 0 saturated heterocycles. The van der Waals surface area contributed by atoms with Gasteiger partial charge < -0.3 is 9.47 Å². The quantitative estimate of drug-likeness (QED) is 0.568. The van der Waals surface area contributed by atoms with Gasteiger partial charge in [0.15, 0.2) is 4.80 Å². The van der Waals surface area contributed by atoms with Crippen LogP contribution in [0.5, 0.6) is 5.75 Å². The van der Waals surface area contributed by atoms with Gasteiger partial charge in [-0.25, -0.2) is 9.79 Å². The first-order valence-corrected chi connectivity index (χ1v) is 10.6. The highest BCUT2D eigenvalue weighted by Gasteiger charge is 2.33. The fraction of sp³-hybridized carbons (Fsp3) is 0.174. The van der Waals surface area contributed by atoms with Gasteiger partial charge in [0.25, 0.3) is 5.56 Å². The fourth-order valence-corrected chi connectivity index (χ4v) is 4.74. The van der Waals surface area contributed by atoms with Gasteiger partial charge in [0, 0.05) is 10.6 Å². The first kappa shape index (κ1) is 21.1. The number of ether oxygens (including phenoxy) is 2. The highest BCUT2D eigenvalue weighted by Crippen LogP contribution is 2.31. The molecule has 0 spiro atoms. The van der Waals surface area contributed by atoms with Crippen molar-refractivity contribution in [1.29, 1.82) is 0 Å². The number of methoxy groups -OCH3 is 2. The molecule has 0 aliphatic carbocycles. The molecule has 1 atom stereocenters. The second-order valence-corrected chi connectivity index (χ2v) is 8.31. The van der Waals surface area contributed by atoms with Crippen LogP contribution in [0.4, 0.5) is 0 Å². The Balaban J connectivity index is 1.98. The average molecular weight is 455 g/mol. The van der Waals surface area contributed by atoms with Gasteiger partial charge in [0.05, 0.1) is 36.1 Å². The van der Waals surface area contributed by atoms with Crippen molar-refractivity contribution >= 4 is 35.0 Å². The number of halogens is 1. The number of carbonyl (C=O) groups excluding carboxylic acids is 1. The van der Waals surface area contributed by atoms with Crippen molar-refractivity contribution in [1.82, 2.24) is 4.57 Å². The number of hydrogen-bond donors (Lipinski definition) is 0. The van der Waals surface area contributed by atoms with Crippen LogP contribution in [0.25, 0.3) is 6.08 Å². The molecule has 158 valence electrons. The highest BCUT2D eigenvalue weighted by molar-refractivity contribution is 7.07. The van der Waals surface area contributed by atoms with E-state index in [0.29, 0.717) is 31.4 Å². The molecule has 0 unspecified atom stereocenters. The zero-order chi connectivity index (χ0) is 22.1. The summed E-state index contributed by atoms with van der Waals surface area (Å²) in [4.78, 5) is 31.1. The number of fused-ring (bicyclic) bond motifs is 1. The number of rotatable bonds is 4. The van der Waals surface area contributed by atoms with Gasteiger partial charge in [-0.15, -0.1) is 0 Å². The fourth-order valence-electron chi connectivity index (χ4n) is 3.58. The molecule has 0 bridgehead atoms. The normalized spacial score (nSPS) is 16.0. The molecule has 2 heterocycles. The zero-order valence-electron chi connectivity index (χ0n) is 17.1. The van der Waals surface area contributed by atoms with Crippen LogP contribution in [-0.4, -0.2) is 24.8 Å². The number of aromatic nitrogens is 1. The molecule has 0 radical (unpaired) electrons. The summed E-state index contributed by atoms with van der Waals surface area (Å²) in [5, 5.41) is 0.563. The SMILES string of the molecule is COC(=O)C1=C(C)N=c2s/c(=C\c3ccccc3OC)c(=O)n2[C@@H]1c1ccc(Cl)cc1. The Kier molecular flexibility index (Phi) is 5.80. The summed E-state index contributed by atoms with van der Waals surface area (Å²) in [5.74, 6) is 0.134. The van der Waals surface area contributed by atoms with E-state index in [2.05, 4.69) is 4.99 Å². The molecule has 0 saturated carbocycles.